The number of halogens is 3. The van der Waals surface area contributed by atoms with Crippen molar-refractivity contribution in [1.82, 2.24) is 0 Å². The molecule has 1 heterocycles. The molecule has 0 spiro atoms. The van der Waals surface area contributed by atoms with E-state index in [-0.39, 0.29) is 0 Å². The molecule has 0 radical (unpaired) electrons. The first-order valence-electron chi connectivity index (χ1n) is 5.17. The van der Waals surface area contributed by atoms with Crippen molar-refractivity contribution in [2.45, 2.75) is 11.9 Å². The Bertz CT molecular complexity index is 470. The van der Waals surface area contributed by atoms with Crippen LogP contribution in [0.25, 0.3) is 0 Å². The highest BCUT2D eigenvalue weighted by atomic mass is 32.2. The van der Waals surface area contributed by atoms with Gasteiger partial charge in [0.2, 0.25) is 0 Å². The summed E-state index contributed by atoms with van der Waals surface area (Å²) >= 11 is 0. The molecule has 0 aromatic heterocycles. The van der Waals surface area contributed by atoms with E-state index in [1.165, 1.54) is 0 Å². The summed E-state index contributed by atoms with van der Waals surface area (Å²) in [6, 6.07) is 0. The molecule has 0 unspecified atom stereocenters. The minimum Gasteiger partial charge on any atom is -0.381 e. The van der Waals surface area contributed by atoms with Crippen LogP contribution in [0, 0.1) is 0 Å². The van der Waals surface area contributed by atoms with Crippen molar-refractivity contribution in [3.8, 4) is 0 Å². The number of alkyl halides is 3. The number of rotatable bonds is 2. The van der Waals surface area contributed by atoms with Crippen molar-refractivity contribution < 1.29 is 36.0 Å². The van der Waals surface area contributed by atoms with Gasteiger partial charge in [0.25, 0.3) is 0 Å². The van der Waals surface area contributed by atoms with Gasteiger partial charge in [-0.2, -0.15) is 21.6 Å². The molecule has 0 aromatic rings. The summed E-state index contributed by atoms with van der Waals surface area (Å²) in [4.78, 5) is 0. The van der Waals surface area contributed by atoms with Crippen LogP contribution in [0.1, 0.15) is 11.9 Å². The lowest BCUT2D eigenvalue weighted by molar-refractivity contribution is -0.0527. The fourth-order valence-electron chi connectivity index (χ4n) is 0.537. The van der Waals surface area contributed by atoms with E-state index in [1.807, 2.05) is 0 Å². The van der Waals surface area contributed by atoms with Gasteiger partial charge < -0.3 is 8.92 Å². The van der Waals surface area contributed by atoms with Crippen LogP contribution in [0.4, 0.5) is 13.2 Å². The Hall–Kier alpha value is -0.760. The third-order valence-electron chi connectivity index (χ3n) is 1.10. The van der Waals surface area contributed by atoms with Crippen LogP contribution in [0.15, 0.2) is 11.8 Å². The summed E-state index contributed by atoms with van der Waals surface area (Å²) in [5.41, 5.74) is -5.68. The highest BCUT2D eigenvalue weighted by Crippen LogP contribution is 2.27. The van der Waals surface area contributed by atoms with E-state index in [2.05, 4.69) is 8.92 Å². The summed E-state index contributed by atoms with van der Waals surface area (Å²) in [6.07, 6.45) is -0.626. The average molecular weight is 236 g/mol. The number of hydrogen-bond acceptors (Lipinski definition) is 4. The van der Waals surface area contributed by atoms with E-state index >= 15 is 0 Å². The zero-order chi connectivity index (χ0) is 14.4. The molecular weight excluding hydrogens is 225 g/mol. The SMILES string of the molecule is [2H]C1([2H])C=C(OS(=O)(=O)C(F)(F)F)CC([2H])([2H])O1. The first-order chi connectivity index (χ1) is 7.74. The first-order valence-corrected chi connectivity index (χ1v) is 4.58. The Kier molecular flexibility index (Phi) is 1.80. The van der Waals surface area contributed by atoms with E-state index in [4.69, 9.17) is 5.48 Å². The predicted molar refractivity (Wildman–Crippen MR) is 39.6 cm³/mol. The molecule has 0 aromatic carbocycles. The molecule has 0 amide bonds. The lowest BCUT2D eigenvalue weighted by Gasteiger charge is -2.15. The molecule has 82 valence electrons. The Balaban J connectivity index is 3.02. The summed E-state index contributed by atoms with van der Waals surface area (Å²) in [6.45, 7) is -5.44. The Morgan fingerprint density at radius 3 is 2.71 bits per heavy atom. The van der Waals surface area contributed by atoms with E-state index in [1.54, 1.807) is 0 Å². The van der Waals surface area contributed by atoms with Crippen LogP contribution in [0.5, 0.6) is 0 Å². The molecule has 8 heteroatoms. The maximum Gasteiger partial charge on any atom is 0.534 e. The van der Waals surface area contributed by atoms with Gasteiger partial charge >= 0.3 is 15.6 Å². The lowest BCUT2D eigenvalue weighted by atomic mass is 10.3. The van der Waals surface area contributed by atoms with Crippen LogP contribution in [0.2, 0.25) is 0 Å². The van der Waals surface area contributed by atoms with Gasteiger partial charge in [-0.1, -0.05) is 0 Å². The maximum absolute atomic E-state index is 12.0. The maximum atomic E-state index is 12.0. The minimum atomic E-state index is -5.95. The molecular formula is C6H7F3O4S. The Morgan fingerprint density at radius 1 is 1.57 bits per heavy atom. The molecule has 0 fully saturated rings. The molecule has 0 saturated carbocycles. The quantitative estimate of drug-likeness (QED) is 0.533. The monoisotopic (exact) mass is 236 g/mol. The molecule has 0 aliphatic carbocycles. The minimum absolute atomic E-state index is 0.331. The van der Waals surface area contributed by atoms with Crippen LogP contribution in [0.3, 0.4) is 0 Å². The van der Waals surface area contributed by atoms with Crippen molar-refractivity contribution in [2.75, 3.05) is 13.1 Å². The van der Waals surface area contributed by atoms with Gasteiger partial charge in [-0.15, -0.1) is 0 Å². The molecule has 1 aliphatic heterocycles. The second-order valence-electron chi connectivity index (χ2n) is 2.13. The predicted octanol–water partition coefficient (Wildman–Crippen LogP) is 1.16. The largest absolute Gasteiger partial charge is 0.534 e. The Labute approximate surface area is 84.0 Å². The van der Waals surface area contributed by atoms with Crippen LogP contribution in [-0.4, -0.2) is 27.0 Å². The van der Waals surface area contributed by atoms with Gasteiger partial charge in [-0.25, -0.2) is 0 Å². The van der Waals surface area contributed by atoms with E-state index < -0.39 is 40.9 Å². The van der Waals surface area contributed by atoms with Crippen molar-refractivity contribution in [3.05, 3.63) is 11.8 Å². The molecule has 1 aliphatic rings. The normalized spacial score (nSPS) is 30.4. The fraction of sp³-hybridized carbons (Fsp3) is 0.667. The summed E-state index contributed by atoms with van der Waals surface area (Å²) in [5.74, 6) is -1.01. The van der Waals surface area contributed by atoms with Crippen LogP contribution in [-0.2, 0) is 19.0 Å². The summed E-state index contributed by atoms with van der Waals surface area (Å²) in [7, 11) is -5.95. The molecule has 4 nitrogen and oxygen atoms in total. The first kappa shape index (κ1) is 6.67. The van der Waals surface area contributed by atoms with Crippen molar-refractivity contribution in [1.29, 1.82) is 0 Å². The summed E-state index contributed by atoms with van der Waals surface area (Å²) in [5, 5.41) is 0. The topological polar surface area (TPSA) is 52.6 Å². The highest BCUT2D eigenvalue weighted by Gasteiger charge is 2.48. The van der Waals surface area contributed by atoms with E-state index in [0.29, 0.717) is 6.08 Å². The second kappa shape index (κ2) is 3.77. The molecule has 14 heavy (non-hydrogen) atoms. The average Bonchev–Trinajstić information content (AvgIpc) is 1.92. The van der Waals surface area contributed by atoms with Crippen LogP contribution >= 0.6 is 0 Å². The van der Waals surface area contributed by atoms with E-state index in [0.717, 1.165) is 0 Å². The van der Waals surface area contributed by atoms with Gasteiger partial charge in [-0.3, -0.25) is 0 Å². The molecule has 0 N–H and O–H groups in total. The Morgan fingerprint density at radius 2 is 2.21 bits per heavy atom. The van der Waals surface area contributed by atoms with Gasteiger partial charge in [-0.05, 0) is 6.08 Å². The van der Waals surface area contributed by atoms with Gasteiger partial charge in [0.1, 0.15) is 5.76 Å². The molecule has 1 rings (SSSR count). The van der Waals surface area contributed by atoms with Gasteiger partial charge in [0.05, 0.1) is 18.6 Å². The van der Waals surface area contributed by atoms with Crippen molar-refractivity contribution in [3.63, 3.8) is 0 Å². The zero-order valence-corrected chi connectivity index (χ0v) is 7.28. The van der Waals surface area contributed by atoms with Crippen LogP contribution < -0.4 is 0 Å². The van der Waals surface area contributed by atoms with Gasteiger partial charge in [0.15, 0.2) is 0 Å². The zero-order valence-electron chi connectivity index (χ0n) is 10.5. The fourth-order valence-corrected chi connectivity index (χ4v) is 1.02. The van der Waals surface area contributed by atoms with Crippen molar-refractivity contribution in [2.24, 2.45) is 0 Å². The standard InChI is InChI=1S/C6H7F3O4S/c7-6(8,9)14(10,11)13-5-1-3-12-4-2-5/h1H,2-4H2/i3D2,4D2. The molecule has 0 saturated heterocycles. The lowest BCUT2D eigenvalue weighted by Crippen LogP contribution is -2.26. The highest BCUT2D eigenvalue weighted by molar-refractivity contribution is 7.87. The van der Waals surface area contributed by atoms with E-state index in [9.17, 15) is 21.6 Å². The van der Waals surface area contributed by atoms with Gasteiger partial charge in [0, 0.05) is 6.42 Å². The molecule has 0 bridgehead atoms. The number of ether oxygens (including phenoxy) is 1. The van der Waals surface area contributed by atoms with Crippen molar-refractivity contribution >= 4 is 10.1 Å². The second-order valence-corrected chi connectivity index (χ2v) is 3.67. The third-order valence-corrected chi connectivity index (χ3v) is 2.10. The third kappa shape index (κ3) is 2.61. The smallest absolute Gasteiger partial charge is 0.381 e. The number of hydrogen-bond donors (Lipinski definition) is 0. The molecule has 0 atom stereocenters. The summed E-state index contributed by atoms with van der Waals surface area (Å²) < 4.78 is 93.5.